The topological polar surface area (TPSA) is 96.5 Å². The second-order valence-electron chi connectivity index (χ2n) is 5.31. The minimum Gasteiger partial charge on any atom is -0.346 e. The largest absolute Gasteiger partial charge is 2.00 e. The Kier molecular flexibility index (Phi) is 6.63. The van der Waals surface area contributed by atoms with Crippen LogP contribution in [0.15, 0.2) is 30.9 Å². The Morgan fingerprint density at radius 2 is 2.00 bits per heavy atom. The first-order chi connectivity index (χ1) is 12.2. The maximum Gasteiger partial charge on any atom is 2.00 e. The van der Waals surface area contributed by atoms with E-state index in [1.165, 1.54) is 6.33 Å². The van der Waals surface area contributed by atoms with E-state index in [0.29, 0.717) is 17.1 Å². The van der Waals surface area contributed by atoms with Gasteiger partial charge in [0.05, 0.1) is 11.3 Å². The molecule has 1 amide bonds. The van der Waals surface area contributed by atoms with E-state index in [-0.39, 0.29) is 27.0 Å². The van der Waals surface area contributed by atoms with Crippen molar-refractivity contribution in [2.75, 3.05) is 5.32 Å². The van der Waals surface area contributed by atoms with Crippen LogP contribution in [-0.2, 0) is 33.9 Å². The number of carbonyl (C=O) groups excluding carboxylic acids is 1. The van der Waals surface area contributed by atoms with Crippen molar-refractivity contribution in [2.45, 2.75) is 19.8 Å². The van der Waals surface area contributed by atoms with Crippen molar-refractivity contribution in [3.05, 3.63) is 67.3 Å². The molecule has 0 aromatic carbocycles. The van der Waals surface area contributed by atoms with Crippen molar-refractivity contribution in [3.63, 3.8) is 0 Å². The van der Waals surface area contributed by atoms with Crippen molar-refractivity contribution in [1.29, 1.82) is 0 Å². The maximum absolute atomic E-state index is 12.6. The van der Waals surface area contributed by atoms with E-state index in [0.717, 1.165) is 35.4 Å². The minimum atomic E-state index is -0.299. The molecule has 132 valence electrons. The minimum absolute atomic E-state index is 0. The molecule has 1 aliphatic rings. The molecule has 0 radical (unpaired) electrons. The number of hydrogen-bond donors (Lipinski definition) is 2. The van der Waals surface area contributed by atoms with Gasteiger partial charge in [0, 0.05) is 23.8 Å². The Morgan fingerprint density at radius 3 is 2.73 bits per heavy atom. The molecule has 0 bridgehead atoms. The van der Waals surface area contributed by atoms with Crippen molar-refractivity contribution in [3.8, 4) is 11.3 Å². The van der Waals surface area contributed by atoms with E-state index in [9.17, 15) is 4.79 Å². The van der Waals surface area contributed by atoms with Crippen LogP contribution >= 0.6 is 0 Å². The summed E-state index contributed by atoms with van der Waals surface area (Å²) in [5.41, 5.74) is 5.05. The summed E-state index contributed by atoms with van der Waals surface area (Å²) in [6.45, 7) is 8.72. The predicted octanol–water partition coefficient (Wildman–Crippen LogP) is 2.63. The first-order valence-electron chi connectivity index (χ1n) is 7.89. The molecular weight excluding hydrogens is 500 g/mol. The number of nitrogens with one attached hydrogen (secondary N) is 2. The van der Waals surface area contributed by atoms with Gasteiger partial charge >= 0.3 is 21.1 Å². The summed E-state index contributed by atoms with van der Waals surface area (Å²) >= 11 is 0. The summed E-state index contributed by atoms with van der Waals surface area (Å²) in [7, 11) is 0. The standard InChI is InChI=1S/C16H13N6O.C2H5.W/c1-9-2-4-11(7-18-9)20-16(23)15-13-12(21-22-15)5-3-10-6-17-8-19-14(10)13;1-2;/h2,4,6-8H,1,3,5H2,(H,20,23)(H,21,22);1H2,2H3;/q2*-1;+2. The monoisotopic (exact) mass is 518 g/mol. The van der Waals surface area contributed by atoms with Gasteiger partial charge in [-0.25, -0.2) is 16.9 Å². The zero-order valence-electron chi connectivity index (χ0n) is 14.3. The molecule has 3 aromatic rings. The second-order valence-corrected chi connectivity index (χ2v) is 5.31. The number of nitrogens with zero attached hydrogens (tertiary/aromatic N) is 4. The molecule has 2 N–H and O–H groups in total. The molecule has 4 rings (SSSR count). The van der Waals surface area contributed by atoms with Crippen LogP contribution < -0.4 is 5.32 Å². The van der Waals surface area contributed by atoms with Gasteiger partial charge in [0.25, 0.3) is 5.91 Å². The van der Waals surface area contributed by atoms with E-state index < -0.39 is 0 Å². The van der Waals surface area contributed by atoms with Gasteiger partial charge in [0.1, 0.15) is 6.33 Å². The third-order valence-electron chi connectivity index (χ3n) is 3.81. The molecule has 0 spiro atoms. The van der Waals surface area contributed by atoms with Crippen LogP contribution in [0.5, 0.6) is 0 Å². The average molecular weight is 518 g/mol. The van der Waals surface area contributed by atoms with Gasteiger partial charge in [-0.1, -0.05) is 0 Å². The zero-order valence-corrected chi connectivity index (χ0v) is 17.3. The molecule has 3 aromatic heterocycles. The van der Waals surface area contributed by atoms with Gasteiger partial charge in [-0.3, -0.25) is 14.9 Å². The van der Waals surface area contributed by atoms with Gasteiger partial charge < -0.3 is 12.2 Å². The maximum atomic E-state index is 12.6. The number of aryl methyl sites for hydroxylation is 2. The van der Waals surface area contributed by atoms with Crippen LogP contribution in [0.4, 0.5) is 5.69 Å². The van der Waals surface area contributed by atoms with E-state index in [4.69, 9.17) is 0 Å². The summed E-state index contributed by atoms with van der Waals surface area (Å²) < 4.78 is 0. The van der Waals surface area contributed by atoms with Crippen LogP contribution in [0.25, 0.3) is 11.3 Å². The molecule has 0 unspecified atom stereocenters. The Morgan fingerprint density at radius 1 is 1.19 bits per heavy atom. The van der Waals surface area contributed by atoms with Gasteiger partial charge in [-0.2, -0.15) is 18.1 Å². The smallest absolute Gasteiger partial charge is 0.346 e. The van der Waals surface area contributed by atoms with Crippen LogP contribution in [0, 0.1) is 13.8 Å². The molecule has 7 nitrogen and oxygen atoms in total. The average Bonchev–Trinajstić information content (AvgIpc) is 3.10. The molecule has 8 heteroatoms. The molecule has 26 heavy (non-hydrogen) atoms. The van der Waals surface area contributed by atoms with Crippen molar-refractivity contribution >= 4 is 11.6 Å². The van der Waals surface area contributed by atoms with Crippen molar-refractivity contribution in [2.24, 2.45) is 0 Å². The Bertz CT molecular complexity index is 891. The Labute approximate surface area is 166 Å². The van der Waals surface area contributed by atoms with Crippen molar-refractivity contribution < 1.29 is 25.9 Å². The third kappa shape index (κ3) is 3.83. The van der Waals surface area contributed by atoms with E-state index >= 15 is 0 Å². The number of rotatable bonds is 2. The summed E-state index contributed by atoms with van der Waals surface area (Å²) in [5.74, 6) is -0.299. The summed E-state index contributed by atoms with van der Waals surface area (Å²) in [6.07, 6.45) is 6.46. The van der Waals surface area contributed by atoms with E-state index in [1.54, 1.807) is 31.5 Å². The third-order valence-corrected chi connectivity index (χ3v) is 3.81. The molecule has 1 aliphatic carbocycles. The quantitative estimate of drug-likeness (QED) is 0.509. The number of pyridine rings is 1. The Hall–Kier alpha value is -2.53. The number of anilines is 1. The predicted molar refractivity (Wildman–Crippen MR) is 94.7 cm³/mol. The number of aromatic nitrogens is 5. The van der Waals surface area contributed by atoms with Crippen LogP contribution in [0.3, 0.4) is 0 Å². The molecule has 3 heterocycles. The van der Waals surface area contributed by atoms with Gasteiger partial charge in [0.2, 0.25) is 0 Å². The summed E-state index contributed by atoms with van der Waals surface area (Å²) in [4.78, 5) is 25.0. The SMILES string of the molecule is [CH2-]C.[CH2-]c1ccc(NC(=O)c2n[nH]c3c2-c2ncncc2CC3)cn1.[W+2]. The van der Waals surface area contributed by atoms with Crippen LogP contribution in [0.1, 0.15) is 34.4 Å². The van der Waals surface area contributed by atoms with E-state index in [1.807, 2.05) is 0 Å². The van der Waals surface area contributed by atoms with E-state index in [2.05, 4.69) is 44.3 Å². The summed E-state index contributed by atoms with van der Waals surface area (Å²) in [6, 6.07) is 3.49. The Balaban J connectivity index is 0.000000784. The number of aromatic amines is 1. The normalized spacial score (nSPS) is 11.2. The first-order valence-corrected chi connectivity index (χ1v) is 7.89. The molecule has 0 fully saturated rings. The number of amides is 1. The van der Waals surface area contributed by atoms with Gasteiger partial charge in [-0.05, 0) is 18.4 Å². The van der Waals surface area contributed by atoms with Crippen LogP contribution in [-0.4, -0.2) is 31.1 Å². The molecule has 0 atom stereocenters. The molecule has 0 saturated carbocycles. The summed E-state index contributed by atoms with van der Waals surface area (Å²) in [5, 5.41) is 9.92. The fourth-order valence-electron chi connectivity index (χ4n) is 2.69. The number of carbonyl (C=O) groups is 1. The fraction of sp³-hybridized carbons (Fsp3) is 0.167. The first kappa shape index (κ1) is 19.8. The number of hydrogen-bond acceptors (Lipinski definition) is 5. The number of H-pyrrole nitrogens is 1. The molecular formula is C18H18N6OW. The second kappa shape index (κ2) is 8.72. The van der Waals surface area contributed by atoms with Gasteiger partial charge in [0.15, 0.2) is 5.69 Å². The fourth-order valence-corrected chi connectivity index (χ4v) is 2.69. The van der Waals surface area contributed by atoms with Crippen LogP contribution in [0.2, 0.25) is 0 Å². The van der Waals surface area contributed by atoms with Crippen molar-refractivity contribution in [1.82, 2.24) is 25.1 Å². The number of fused-ring (bicyclic) bond motifs is 3. The zero-order chi connectivity index (χ0) is 17.8. The molecule has 0 saturated heterocycles. The molecule has 0 aliphatic heterocycles. The van der Waals surface area contributed by atoms with Gasteiger partial charge in [-0.15, -0.1) is 11.8 Å².